The van der Waals surface area contributed by atoms with Crippen molar-refractivity contribution < 1.29 is 4.74 Å². The van der Waals surface area contributed by atoms with Crippen molar-refractivity contribution >= 4 is 5.69 Å². The zero-order valence-corrected chi connectivity index (χ0v) is 11.8. The number of piperazine rings is 1. The van der Waals surface area contributed by atoms with E-state index < -0.39 is 0 Å². The number of nitrogens with zero attached hydrogens (tertiary/aromatic N) is 1. The zero-order chi connectivity index (χ0) is 13.8. The molecule has 1 unspecified atom stereocenters. The zero-order valence-electron chi connectivity index (χ0n) is 11.8. The Labute approximate surface area is 120 Å². The van der Waals surface area contributed by atoms with Crippen molar-refractivity contribution in [2.24, 2.45) is 0 Å². The van der Waals surface area contributed by atoms with Gasteiger partial charge in [0.15, 0.2) is 5.75 Å². The Morgan fingerprint density at radius 3 is 2.60 bits per heavy atom. The highest BCUT2D eigenvalue weighted by atomic mass is 16.5. The van der Waals surface area contributed by atoms with Gasteiger partial charge in [-0.25, -0.2) is 0 Å². The van der Waals surface area contributed by atoms with Crippen LogP contribution in [-0.4, -0.2) is 25.7 Å². The summed E-state index contributed by atoms with van der Waals surface area (Å²) in [6.45, 7) is 5.28. The Hall–Kier alpha value is -2.00. The normalized spacial score (nSPS) is 18.9. The van der Waals surface area contributed by atoms with Gasteiger partial charge in [-0.05, 0) is 31.2 Å². The van der Waals surface area contributed by atoms with E-state index in [0.717, 1.165) is 31.1 Å². The Morgan fingerprint density at radius 2 is 1.80 bits per heavy atom. The van der Waals surface area contributed by atoms with Gasteiger partial charge in [-0.3, -0.25) is 0 Å². The molecule has 1 fully saturated rings. The number of para-hydroxylation sites is 3. The van der Waals surface area contributed by atoms with Crippen molar-refractivity contribution in [3.05, 3.63) is 54.6 Å². The molecule has 0 spiro atoms. The molecule has 20 heavy (non-hydrogen) atoms. The van der Waals surface area contributed by atoms with Gasteiger partial charge in [-0.15, -0.1) is 0 Å². The second-order valence-corrected chi connectivity index (χ2v) is 5.13. The molecule has 0 bridgehead atoms. The van der Waals surface area contributed by atoms with Crippen LogP contribution >= 0.6 is 0 Å². The molecule has 2 aromatic carbocycles. The lowest BCUT2D eigenvalue weighted by molar-refractivity contribution is 0.463. The summed E-state index contributed by atoms with van der Waals surface area (Å²) >= 11 is 0. The van der Waals surface area contributed by atoms with E-state index in [4.69, 9.17) is 4.74 Å². The topological polar surface area (TPSA) is 24.5 Å². The van der Waals surface area contributed by atoms with Crippen molar-refractivity contribution in [2.75, 3.05) is 24.5 Å². The van der Waals surface area contributed by atoms with Gasteiger partial charge in [0.1, 0.15) is 5.75 Å². The minimum atomic E-state index is 0.476. The maximum atomic E-state index is 6.05. The van der Waals surface area contributed by atoms with Crippen LogP contribution in [0.25, 0.3) is 0 Å². The van der Waals surface area contributed by atoms with Crippen molar-refractivity contribution in [3.63, 3.8) is 0 Å². The fourth-order valence-electron chi connectivity index (χ4n) is 2.60. The molecule has 0 aliphatic carbocycles. The second-order valence-electron chi connectivity index (χ2n) is 5.13. The average Bonchev–Trinajstić information content (AvgIpc) is 2.50. The highest BCUT2D eigenvalue weighted by Crippen LogP contribution is 2.33. The molecule has 0 amide bonds. The largest absolute Gasteiger partial charge is 0.455 e. The van der Waals surface area contributed by atoms with Gasteiger partial charge in [0.25, 0.3) is 0 Å². The molecular weight excluding hydrogens is 248 g/mol. The Bertz CT molecular complexity index is 556. The van der Waals surface area contributed by atoms with Crippen molar-refractivity contribution in [1.82, 2.24) is 5.32 Å². The first-order chi connectivity index (χ1) is 9.84. The van der Waals surface area contributed by atoms with Gasteiger partial charge in [-0.2, -0.15) is 0 Å². The molecule has 2 aromatic rings. The summed E-state index contributed by atoms with van der Waals surface area (Å²) in [6, 6.07) is 18.7. The molecule has 3 rings (SSSR count). The maximum absolute atomic E-state index is 6.05. The van der Waals surface area contributed by atoms with Crippen LogP contribution in [0.4, 0.5) is 5.69 Å². The van der Waals surface area contributed by atoms with E-state index >= 15 is 0 Å². The van der Waals surface area contributed by atoms with Gasteiger partial charge < -0.3 is 15.0 Å². The highest BCUT2D eigenvalue weighted by Gasteiger charge is 2.21. The van der Waals surface area contributed by atoms with Crippen LogP contribution in [-0.2, 0) is 0 Å². The summed E-state index contributed by atoms with van der Waals surface area (Å²) in [4.78, 5) is 2.41. The van der Waals surface area contributed by atoms with E-state index in [2.05, 4.69) is 29.3 Å². The SMILES string of the molecule is CC1CNCCN1c1ccccc1Oc1ccccc1. The number of ether oxygens (including phenoxy) is 1. The van der Waals surface area contributed by atoms with Gasteiger partial charge in [-0.1, -0.05) is 30.3 Å². The molecule has 3 heteroatoms. The van der Waals surface area contributed by atoms with Crippen LogP contribution < -0.4 is 15.0 Å². The van der Waals surface area contributed by atoms with Crippen LogP contribution in [0.5, 0.6) is 11.5 Å². The van der Waals surface area contributed by atoms with Crippen LogP contribution in [0, 0.1) is 0 Å². The second kappa shape index (κ2) is 5.97. The fourth-order valence-corrected chi connectivity index (χ4v) is 2.60. The standard InChI is InChI=1S/C17H20N2O/c1-14-13-18-11-12-19(14)16-9-5-6-10-17(16)20-15-7-3-2-4-8-15/h2-10,14,18H,11-13H2,1H3. The molecule has 1 N–H and O–H groups in total. The van der Waals surface area contributed by atoms with Crippen molar-refractivity contribution in [1.29, 1.82) is 0 Å². The maximum Gasteiger partial charge on any atom is 0.150 e. The summed E-state index contributed by atoms with van der Waals surface area (Å²) in [7, 11) is 0. The number of anilines is 1. The summed E-state index contributed by atoms with van der Waals surface area (Å²) in [5, 5.41) is 3.42. The molecule has 1 aliphatic heterocycles. The van der Waals surface area contributed by atoms with Gasteiger partial charge in [0.2, 0.25) is 0 Å². The quantitative estimate of drug-likeness (QED) is 0.924. The monoisotopic (exact) mass is 268 g/mol. The van der Waals surface area contributed by atoms with Crippen LogP contribution in [0.15, 0.2) is 54.6 Å². The van der Waals surface area contributed by atoms with E-state index in [9.17, 15) is 0 Å². The lowest BCUT2D eigenvalue weighted by Gasteiger charge is -2.36. The first kappa shape index (κ1) is 13.0. The number of hydrogen-bond acceptors (Lipinski definition) is 3. The number of hydrogen-bond donors (Lipinski definition) is 1. The predicted octanol–water partition coefficient (Wildman–Crippen LogP) is 3.28. The Morgan fingerprint density at radius 1 is 1.05 bits per heavy atom. The minimum absolute atomic E-state index is 0.476. The third-order valence-corrected chi connectivity index (χ3v) is 3.65. The number of benzene rings is 2. The van der Waals surface area contributed by atoms with Gasteiger partial charge in [0.05, 0.1) is 5.69 Å². The molecule has 104 valence electrons. The molecule has 1 atom stereocenters. The third kappa shape index (κ3) is 2.78. The van der Waals surface area contributed by atoms with E-state index in [0.29, 0.717) is 6.04 Å². The number of nitrogens with one attached hydrogen (secondary N) is 1. The summed E-state index contributed by atoms with van der Waals surface area (Å²) in [6.07, 6.45) is 0. The lowest BCUT2D eigenvalue weighted by Crippen LogP contribution is -2.50. The first-order valence-electron chi connectivity index (χ1n) is 7.14. The molecule has 0 saturated carbocycles. The highest BCUT2D eigenvalue weighted by molar-refractivity contribution is 5.60. The lowest BCUT2D eigenvalue weighted by atomic mass is 10.1. The van der Waals surface area contributed by atoms with Crippen LogP contribution in [0.3, 0.4) is 0 Å². The number of rotatable bonds is 3. The van der Waals surface area contributed by atoms with Gasteiger partial charge >= 0.3 is 0 Å². The first-order valence-corrected chi connectivity index (χ1v) is 7.14. The van der Waals surface area contributed by atoms with Crippen LogP contribution in [0.2, 0.25) is 0 Å². The molecule has 1 saturated heterocycles. The average molecular weight is 268 g/mol. The summed E-state index contributed by atoms with van der Waals surface area (Å²) in [5.74, 6) is 1.80. The molecule has 0 aromatic heterocycles. The molecular formula is C17H20N2O. The van der Waals surface area contributed by atoms with Crippen LogP contribution in [0.1, 0.15) is 6.92 Å². The third-order valence-electron chi connectivity index (χ3n) is 3.65. The Kier molecular flexibility index (Phi) is 3.88. The fraction of sp³-hybridized carbons (Fsp3) is 0.294. The predicted molar refractivity (Wildman–Crippen MR) is 82.6 cm³/mol. The molecule has 0 radical (unpaired) electrons. The minimum Gasteiger partial charge on any atom is -0.455 e. The van der Waals surface area contributed by atoms with E-state index in [-0.39, 0.29) is 0 Å². The van der Waals surface area contributed by atoms with Gasteiger partial charge in [0, 0.05) is 25.7 Å². The van der Waals surface area contributed by atoms with E-state index in [1.807, 2.05) is 42.5 Å². The smallest absolute Gasteiger partial charge is 0.150 e. The van der Waals surface area contributed by atoms with E-state index in [1.165, 1.54) is 5.69 Å². The molecule has 1 aliphatic rings. The summed E-state index contributed by atoms with van der Waals surface area (Å²) in [5.41, 5.74) is 1.17. The van der Waals surface area contributed by atoms with Crippen molar-refractivity contribution in [2.45, 2.75) is 13.0 Å². The van der Waals surface area contributed by atoms with E-state index in [1.54, 1.807) is 0 Å². The van der Waals surface area contributed by atoms with Crippen molar-refractivity contribution in [3.8, 4) is 11.5 Å². The molecule has 3 nitrogen and oxygen atoms in total. The summed E-state index contributed by atoms with van der Waals surface area (Å²) < 4.78 is 6.05. The molecule has 1 heterocycles. The Balaban J connectivity index is 1.88.